The zero-order valence-corrected chi connectivity index (χ0v) is 21.4. The van der Waals surface area contributed by atoms with Gasteiger partial charge >= 0.3 is 5.97 Å². The van der Waals surface area contributed by atoms with Crippen molar-refractivity contribution in [3.05, 3.63) is 35.3 Å². The largest absolute Gasteiger partial charge is 0.466 e. The Morgan fingerprint density at radius 1 is 1.26 bits per heavy atom. The van der Waals surface area contributed by atoms with Crippen molar-refractivity contribution in [3.63, 3.8) is 0 Å². The summed E-state index contributed by atoms with van der Waals surface area (Å²) in [5.41, 5.74) is 1.83. The Bertz CT molecular complexity index is 1210. The number of likely N-dealkylation sites (tertiary alicyclic amines) is 1. The number of esters is 1. The number of aromatic nitrogens is 3. The van der Waals surface area contributed by atoms with Gasteiger partial charge in [-0.05, 0) is 51.1 Å². The summed E-state index contributed by atoms with van der Waals surface area (Å²) in [6, 6.07) is 5.78. The van der Waals surface area contributed by atoms with Crippen LogP contribution in [0.3, 0.4) is 0 Å². The number of thiophene rings is 1. The molecule has 1 fully saturated rings. The third-order valence-corrected chi connectivity index (χ3v) is 7.14. The van der Waals surface area contributed by atoms with Gasteiger partial charge in [0, 0.05) is 26.2 Å². The molecule has 9 nitrogen and oxygen atoms in total. The van der Waals surface area contributed by atoms with Crippen LogP contribution in [-0.2, 0) is 14.3 Å². The predicted molar refractivity (Wildman–Crippen MR) is 134 cm³/mol. The topological polar surface area (TPSA) is 97.6 Å². The zero-order valence-electron chi connectivity index (χ0n) is 20.6. The first kappa shape index (κ1) is 24.8. The van der Waals surface area contributed by atoms with Crippen molar-refractivity contribution < 1.29 is 19.1 Å². The van der Waals surface area contributed by atoms with Crippen molar-refractivity contribution in [1.29, 1.82) is 0 Å². The van der Waals surface area contributed by atoms with E-state index in [1.54, 1.807) is 42.5 Å². The van der Waals surface area contributed by atoms with Gasteiger partial charge in [-0.3, -0.25) is 14.4 Å². The molecule has 186 valence electrons. The van der Waals surface area contributed by atoms with Gasteiger partial charge in [0.2, 0.25) is 5.91 Å². The highest BCUT2D eigenvalue weighted by Gasteiger charge is 2.29. The van der Waals surface area contributed by atoms with Crippen LogP contribution >= 0.6 is 11.3 Å². The second kappa shape index (κ2) is 10.6. The molecule has 3 aromatic rings. The number of hydrogen-bond acceptors (Lipinski definition) is 7. The number of pyridine rings is 1. The van der Waals surface area contributed by atoms with Crippen LogP contribution in [0.2, 0.25) is 0 Å². The van der Waals surface area contributed by atoms with Crippen molar-refractivity contribution in [2.75, 3.05) is 33.3 Å². The highest BCUT2D eigenvalue weighted by Crippen LogP contribution is 2.29. The standard InChI is InChI=1S/C25H31N5O4S/c1-5-34-25(33)17-8-10-29(11-9-17)22(31)15-28(4)24(32)18-13-20(21-7-6-12-35-21)27-23-19(18)14-26-30(23)16(2)3/h6-7,12-14,16-17H,5,8-11,15H2,1-4H3. The Kier molecular flexibility index (Phi) is 7.49. The molecule has 0 spiro atoms. The molecule has 4 rings (SSSR count). The lowest BCUT2D eigenvalue weighted by Gasteiger charge is -2.32. The van der Waals surface area contributed by atoms with Gasteiger partial charge in [-0.15, -0.1) is 11.3 Å². The lowest BCUT2D eigenvalue weighted by molar-refractivity contribution is -0.151. The summed E-state index contributed by atoms with van der Waals surface area (Å²) in [5, 5.41) is 7.10. The molecular weight excluding hydrogens is 466 g/mol. The Labute approximate surface area is 208 Å². The van der Waals surface area contributed by atoms with Crippen molar-refractivity contribution in [3.8, 4) is 10.6 Å². The molecule has 4 heterocycles. The molecule has 0 radical (unpaired) electrons. The number of hydrogen-bond donors (Lipinski definition) is 0. The first-order valence-electron chi connectivity index (χ1n) is 11.9. The lowest BCUT2D eigenvalue weighted by Crippen LogP contribution is -2.45. The normalized spacial score (nSPS) is 14.5. The van der Waals surface area contributed by atoms with Crippen LogP contribution in [0.1, 0.15) is 50.0 Å². The smallest absolute Gasteiger partial charge is 0.309 e. The predicted octanol–water partition coefficient (Wildman–Crippen LogP) is 3.61. The maximum atomic E-state index is 13.5. The molecule has 0 unspecified atom stereocenters. The number of rotatable bonds is 7. The van der Waals surface area contributed by atoms with Crippen LogP contribution in [0.25, 0.3) is 21.6 Å². The van der Waals surface area contributed by atoms with E-state index in [1.807, 2.05) is 36.0 Å². The SMILES string of the molecule is CCOC(=O)C1CCN(C(=O)CN(C)C(=O)c2cc(-c3cccs3)nc3c2cnn3C(C)C)CC1. The average Bonchev–Trinajstić information content (AvgIpc) is 3.53. The third kappa shape index (κ3) is 5.22. The minimum atomic E-state index is -0.256. The van der Waals surface area contributed by atoms with Crippen molar-refractivity contribution >= 4 is 40.2 Å². The number of carbonyl (C=O) groups excluding carboxylic acids is 3. The van der Waals surface area contributed by atoms with Crippen molar-refractivity contribution in [2.24, 2.45) is 5.92 Å². The maximum Gasteiger partial charge on any atom is 0.309 e. The van der Waals surface area contributed by atoms with Gasteiger partial charge in [-0.2, -0.15) is 5.10 Å². The van der Waals surface area contributed by atoms with Gasteiger partial charge in [0.15, 0.2) is 5.65 Å². The van der Waals surface area contributed by atoms with Crippen LogP contribution in [-0.4, -0.2) is 75.6 Å². The summed E-state index contributed by atoms with van der Waals surface area (Å²) < 4.78 is 6.91. The number of ether oxygens (including phenoxy) is 1. The van der Waals surface area contributed by atoms with E-state index in [4.69, 9.17) is 9.72 Å². The van der Waals surface area contributed by atoms with E-state index < -0.39 is 0 Å². The fraction of sp³-hybridized carbons (Fsp3) is 0.480. The molecule has 0 atom stereocenters. The highest BCUT2D eigenvalue weighted by molar-refractivity contribution is 7.13. The summed E-state index contributed by atoms with van der Waals surface area (Å²) in [6.45, 7) is 7.10. The number of piperidine rings is 1. The molecule has 3 aromatic heterocycles. The Balaban J connectivity index is 1.52. The van der Waals surface area contributed by atoms with Crippen LogP contribution in [0.5, 0.6) is 0 Å². The first-order valence-corrected chi connectivity index (χ1v) is 12.8. The maximum absolute atomic E-state index is 13.5. The van der Waals surface area contributed by atoms with Crippen molar-refractivity contribution in [1.82, 2.24) is 24.6 Å². The second-order valence-corrected chi connectivity index (χ2v) is 9.97. The van der Waals surface area contributed by atoms with Crippen LogP contribution in [0.4, 0.5) is 0 Å². The van der Waals surface area contributed by atoms with Gasteiger partial charge in [-0.25, -0.2) is 9.67 Å². The fourth-order valence-electron chi connectivity index (χ4n) is 4.33. The summed E-state index contributed by atoms with van der Waals surface area (Å²) in [4.78, 5) is 47.4. The summed E-state index contributed by atoms with van der Waals surface area (Å²) in [6.07, 6.45) is 2.82. The number of nitrogens with zero attached hydrogens (tertiary/aromatic N) is 5. The molecule has 0 aliphatic carbocycles. The third-order valence-electron chi connectivity index (χ3n) is 6.25. The Morgan fingerprint density at radius 2 is 2.00 bits per heavy atom. The molecule has 1 aliphatic rings. The average molecular weight is 498 g/mol. The molecular formula is C25H31N5O4S. The van der Waals surface area contributed by atoms with E-state index in [0.717, 1.165) is 4.88 Å². The second-order valence-electron chi connectivity index (χ2n) is 9.02. The van der Waals surface area contributed by atoms with E-state index in [9.17, 15) is 14.4 Å². The Hall–Kier alpha value is -3.27. The van der Waals surface area contributed by atoms with Gasteiger partial charge in [0.25, 0.3) is 5.91 Å². The van der Waals surface area contributed by atoms with E-state index in [-0.39, 0.29) is 36.3 Å². The highest BCUT2D eigenvalue weighted by atomic mass is 32.1. The molecule has 0 aromatic carbocycles. The summed E-state index contributed by atoms with van der Waals surface area (Å²) in [5.74, 6) is -0.758. The number of amides is 2. The molecule has 0 saturated carbocycles. The molecule has 35 heavy (non-hydrogen) atoms. The molecule has 10 heteroatoms. The van der Waals surface area contributed by atoms with E-state index in [0.29, 0.717) is 54.8 Å². The molecule has 0 bridgehead atoms. The molecule has 0 N–H and O–H groups in total. The minimum Gasteiger partial charge on any atom is -0.466 e. The number of likely N-dealkylation sites (N-methyl/N-ethyl adjacent to an activating group) is 1. The van der Waals surface area contributed by atoms with Crippen LogP contribution in [0, 0.1) is 5.92 Å². The van der Waals surface area contributed by atoms with E-state index in [2.05, 4.69) is 5.10 Å². The van der Waals surface area contributed by atoms with Gasteiger partial charge in [0.05, 0.1) is 46.8 Å². The van der Waals surface area contributed by atoms with Crippen LogP contribution < -0.4 is 0 Å². The monoisotopic (exact) mass is 497 g/mol. The van der Waals surface area contributed by atoms with Crippen molar-refractivity contribution in [2.45, 2.75) is 39.7 Å². The lowest BCUT2D eigenvalue weighted by atomic mass is 9.97. The van der Waals surface area contributed by atoms with Gasteiger partial charge in [0.1, 0.15) is 0 Å². The molecule has 1 aliphatic heterocycles. The van der Waals surface area contributed by atoms with Gasteiger partial charge in [-0.1, -0.05) is 6.07 Å². The number of carbonyl (C=O) groups is 3. The van der Waals surface area contributed by atoms with E-state index in [1.165, 1.54) is 4.90 Å². The Morgan fingerprint density at radius 3 is 2.63 bits per heavy atom. The minimum absolute atomic E-state index is 0.0423. The number of fused-ring (bicyclic) bond motifs is 1. The summed E-state index contributed by atoms with van der Waals surface area (Å²) in [7, 11) is 1.63. The summed E-state index contributed by atoms with van der Waals surface area (Å²) >= 11 is 1.55. The first-order chi connectivity index (χ1) is 16.8. The van der Waals surface area contributed by atoms with Gasteiger partial charge < -0.3 is 14.5 Å². The zero-order chi connectivity index (χ0) is 25.1. The molecule has 2 amide bonds. The fourth-order valence-corrected chi connectivity index (χ4v) is 5.01. The van der Waals surface area contributed by atoms with Crippen LogP contribution in [0.15, 0.2) is 29.8 Å². The quantitative estimate of drug-likeness (QED) is 0.463. The molecule has 1 saturated heterocycles. The van der Waals surface area contributed by atoms with E-state index >= 15 is 0 Å².